The van der Waals surface area contributed by atoms with E-state index in [-0.39, 0.29) is 11.5 Å². The Bertz CT molecular complexity index is 1100. The summed E-state index contributed by atoms with van der Waals surface area (Å²) in [6, 6.07) is 12.1. The zero-order valence-corrected chi connectivity index (χ0v) is 16.9. The van der Waals surface area contributed by atoms with Gasteiger partial charge in [-0.2, -0.15) is 0 Å². The molecule has 2 aromatic carbocycles. The summed E-state index contributed by atoms with van der Waals surface area (Å²) in [5.41, 5.74) is 3.32. The molecule has 26 heavy (non-hydrogen) atoms. The minimum atomic E-state index is -0.616. The van der Waals surface area contributed by atoms with Crippen LogP contribution >= 0.6 is 32.9 Å². The van der Waals surface area contributed by atoms with Crippen LogP contribution in [0.2, 0.25) is 0 Å². The number of hydrogen-bond acceptors (Lipinski definition) is 4. The summed E-state index contributed by atoms with van der Waals surface area (Å²) in [7, 11) is 3.15. The summed E-state index contributed by atoms with van der Waals surface area (Å²) >= 11 is 5.58. The second-order valence-electron chi connectivity index (χ2n) is 6.86. The maximum absolute atomic E-state index is 14.3. The van der Waals surface area contributed by atoms with Crippen LogP contribution in [0, 0.1) is 16.6 Å². The van der Waals surface area contributed by atoms with Crippen LogP contribution in [0.3, 0.4) is 0 Å². The third kappa shape index (κ3) is 2.47. The lowest BCUT2D eigenvalue weighted by molar-refractivity contribution is 0.0957. The molecule has 0 aliphatic carbocycles. The molecule has 1 aromatic heterocycles. The Morgan fingerprint density at radius 2 is 1.88 bits per heavy atom. The highest BCUT2D eigenvalue weighted by Gasteiger charge is 2.43. The highest BCUT2D eigenvalue weighted by atomic mass is 32.9. The summed E-state index contributed by atoms with van der Waals surface area (Å²) < 4.78 is 15.2. The van der Waals surface area contributed by atoms with Gasteiger partial charge in [0.05, 0.1) is 21.7 Å². The van der Waals surface area contributed by atoms with Crippen LogP contribution in [0.4, 0.5) is 10.1 Å². The van der Waals surface area contributed by atoms with Gasteiger partial charge in [0.15, 0.2) is 0 Å². The molecule has 132 valence electrons. The zero-order chi connectivity index (χ0) is 18.6. The molecule has 2 heterocycles. The van der Waals surface area contributed by atoms with E-state index in [2.05, 4.69) is 6.07 Å². The number of nitrogens with zero attached hydrogens (tertiary/aromatic N) is 1. The number of carbonyl (C=O) groups is 1. The number of halogens is 1. The van der Waals surface area contributed by atoms with Crippen molar-refractivity contribution in [1.82, 2.24) is 0 Å². The Balaban J connectivity index is 2.01. The second-order valence-corrected chi connectivity index (χ2v) is 9.67. The number of anilines is 1. The fraction of sp³-hybridized carbons (Fsp3) is 0.200. The van der Waals surface area contributed by atoms with Crippen LogP contribution in [0.1, 0.15) is 34.6 Å². The van der Waals surface area contributed by atoms with Crippen molar-refractivity contribution in [3.05, 3.63) is 68.1 Å². The predicted molar refractivity (Wildman–Crippen MR) is 109 cm³/mol. The first kappa shape index (κ1) is 17.5. The van der Waals surface area contributed by atoms with Crippen molar-refractivity contribution in [2.24, 2.45) is 0 Å². The van der Waals surface area contributed by atoms with Crippen molar-refractivity contribution in [3.8, 4) is 11.1 Å². The summed E-state index contributed by atoms with van der Waals surface area (Å²) in [6.07, 6.45) is 0. The van der Waals surface area contributed by atoms with E-state index in [0.717, 1.165) is 31.1 Å². The lowest BCUT2D eigenvalue weighted by Gasteiger charge is -2.43. The van der Waals surface area contributed by atoms with Gasteiger partial charge in [-0.1, -0.05) is 56.7 Å². The second kappa shape index (κ2) is 6.08. The molecule has 3 aromatic rings. The normalized spacial score (nSPS) is 14.7. The van der Waals surface area contributed by atoms with Crippen LogP contribution in [0.5, 0.6) is 0 Å². The largest absolute Gasteiger partial charge is 0.297 e. The molecule has 1 aliphatic rings. The minimum Gasteiger partial charge on any atom is -0.297 e. The molecule has 0 bridgehead atoms. The van der Waals surface area contributed by atoms with E-state index in [9.17, 15) is 9.18 Å². The number of rotatable bonds is 1. The van der Waals surface area contributed by atoms with Crippen molar-refractivity contribution < 1.29 is 9.18 Å². The van der Waals surface area contributed by atoms with E-state index in [1.807, 2.05) is 32.9 Å². The molecule has 4 rings (SSSR count). The lowest BCUT2D eigenvalue weighted by Crippen LogP contribution is -2.48. The van der Waals surface area contributed by atoms with Gasteiger partial charge in [-0.05, 0) is 45.0 Å². The zero-order valence-electron chi connectivity index (χ0n) is 14.5. The molecule has 2 nitrogen and oxygen atoms in total. The van der Waals surface area contributed by atoms with Crippen molar-refractivity contribution in [2.75, 3.05) is 4.90 Å². The predicted octanol–water partition coefficient (Wildman–Crippen LogP) is 6.55. The molecule has 1 aliphatic heterocycles. The smallest absolute Gasteiger partial charge is 0.262 e. The summed E-state index contributed by atoms with van der Waals surface area (Å²) in [5.74, 6) is -0.848. The number of fused-ring (bicyclic) bond motifs is 3. The Kier molecular flexibility index (Phi) is 4.10. The Hall–Kier alpha value is -1.89. The molecule has 0 fully saturated rings. The molecular weight excluding hydrogens is 385 g/mol. The molecule has 6 heteroatoms. The average molecular weight is 402 g/mol. The Morgan fingerprint density at radius 3 is 2.62 bits per heavy atom. The van der Waals surface area contributed by atoms with Gasteiger partial charge < -0.3 is 0 Å². The van der Waals surface area contributed by atoms with Crippen LogP contribution in [0.25, 0.3) is 11.1 Å². The van der Waals surface area contributed by atoms with Crippen LogP contribution in [-0.4, -0.2) is 5.91 Å². The first-order valence-corrected chi connectivity index (χ1v) is 10.7. The maximum atomic E-state index is 14.3. The van der Waals surface area contributed by atoms with E-state index in [0.29, 0.717) is 0 Å². The molecule has 0 atom stereocenters. The van der Waals surface area contributed by atoms with E-state index in [1.54, 1.807) is 37.7 Å². The standard InChI is InChI=1S/C20H16FNOS3/c1-11-8-9-15-13(10-11)16-17(25-26-19(16)24)20(2,3)22(15)18(23)12-6-4-5-7-14(12)21/h4-10H,1-3H3. The quantitative estimate of drug-likeness (QED) is 0.340. The molecule has 0 N–H and O–H groups in total. The third-order valence-electron chi connectivity index (χ3n) is 4.72. The van der Waals surface area contributed by atoms with Crippen molar-refractivity contribution in [1.29, 1.82) is 0 Å². The highest BCUT2D eigenvalue weighted by molar-refractivity contribution is 7.80. The lowest BCUT2D eigenvalue weighted by atomic mass is 9.86. The number of aryl methyl sites for hydroxylation is 1. The van der Waals surface area contributed by atoms with E-state index in [4.69, 9.17) is 12.2 Å². The molecule has 0 unspecified atom stereocenters. The first-order valence-electron chi connectivity index (χ1n) is 8.16. The average Bonchev–Trinajstić information content (AvgIpc) is 2.98. The SMILES string of the molecule is Cc1ccc2c(c1)-c1c(ssc1=S)C(C)(C)N2C(=O)c1ccccc1F. The minimum absolute atomic E-state index is 0.0781. The number of hydrogen-bond donors (Lipinski definition) is 0. The van der Waals surface area contributed by atoms with Crippen LogP contribution in [0.15, 0.2) is 42.5 Å². The van der Waals surface area contributed by atoms with Gasteiger partial charge in [-0.15, -0.1) is 0 Å². The Labute approximate surface area is 163 Å². The van der Waals surface area contributed by atoms with Gasteiger partial charge in [-0.25, -0.2) is 4.39 Å². The molecule has 1 amide bonds. The topological polar surface area (TPSA) is 20.3 Å². The molecular formula is C20H16FNOS3. The highest BCUT2D eigenvalue weighted by Crippen LogP contribution is 2.52. The molecule has 0 saturated heterocycles. The first-order chi connectivity index (χ1) is 12.3. The van der Waals surface area contributed by atoms with Crippen molar-refractivity contribution in [3.63, 3.8) is 0 Å². The van der Waals surface area contributed by atoms with E-state index >= 15 is 0 Å². The van der Waals surface area contributed by atoms with Crippen LogP contribution in [-0.2, 0) is 5.54 Å². The van der Waals surface area contributed by atoms with Gasteiger partial charge >= 0.3 is 0 Å². The molecule has 0 radical (unpaired) electrons. The Morgan fingerprint density at radius 1 is 1.15 bits per heavy atom. The van der Waals surface area contributed by atoms with Crippen molar-refractivity contribution in [2.45, 2.75) is 26.3 Å². The van der Waals surface area contributed by atoms with Crippen LogP contribution < -0.4 is 4.90 Å². The van der Waals surface area contributed by atoms with E-state index in [1.165, 1.54) is 12.1 Å². The summed E-state index contributed by atoms with van der Waals surface area (Å²) in [6.45, 7) is 6.00. The number of carbonyl (C=O) groups excluding carboxylic acids is 1. The monoisotopic (exact) mass is 401 g/mol. The maximum Gasteiger partial charge on any atom is 0.262 e. The summed E-state index contributed by atoms with van der Waals surface area (Å²) in [4.78, 5) is 16.1. The summed E-state index contributed by atoms with van der Waals surface area (Å²) in [5, 5.41) is 0. The number of amides is 1. The van der Waals surface area contributed by atoms with E-state index < -0.39 is 11.4 Å². The molecule has 0 spiro atoms. The fourth-order valence-electron chi connectivity index (χ4n) is 3.46. The van der Waals surface area contributed by atoms with Gasteiger partial charge in [-0.3, -0.25) is 9.69 Å². The fourth-order valence-corrected chi connectivity index (χ4v) is 6.74. The molecule has 0 saturated carbocycles. The van der Waals surface area contributed by atoms with Gasteiger partial charge in [0, 0.05) is 11.1 Å². The van der Waals surface area contributed by atoms with Gasteiger partial charge in [0.25, 0.3) is 5.91 Å². The third-order valence-corrected chi connectivity index (χ3v) is 8.05. The number of benzene rings is 2. The van der Waals surface area contributed by atoms with Gasteiger partial charge in [0.2, 0.25) is 0 Å². The van der Waals surface area contributed by atoms with Gasteiger partial charge in [0.1, 0.15) is 9.64 Å². The van der Waals surface area contributed by atoms with Crippen molar-refractivity contribution >= 4 is 44.5 Å².